The molecule has 0 saturated heterocycles. The van der Waals surface area contributed by atoms with Crippen LogP contribution in [0.2, 0.25) is 0 Å². The van der Waals surface area contributed by atoms with Gasteiger partial charge in [-0.25, -0.2) is 4.39 Å². The fourth-order valence-corrected chi connectivity index (χ4v) is 4.11. The van der Waals surface area contributed by atoms with E-state index >= 15 is 0 Å². The number of nitrogens with one attached hydrogen (secondary N) is 2. The molecule has 0 unspecified atom stereocenters. The van der Waals surface area contributed by atoms with Crippen molar-refractivity contribution in [3.63, 3.8) is 0 Å². The van der Waals surface area contributed by atoms with Crippen molar-refractivity contribution in [2.45, 2.75) is 58.7 Å². The van der Waals surface area contributed by atoms with E-state index in [1.807, 2.05) is 44.2 Å². The number of ether oxygens (including phenoxy) is 1. The molecule has 0 aromatic heterocycles. The Morgan fingerprint density at radius 1 is 0.946 bits per heavy atom. The monoisotopic (exact) mass is 505 g/mol. The normalized spacial score (nSPS) is 12.5. The van der Waals surface area contributed by atoms with E-state index in [1.54, 1.807) is 19.1 Å². The zero-order valence-electron chi connectivity index (χ0n) is 21.7. The van der Waals surface area contributed by atoms with Gasteiger partial charge in [0, 0.05) is 6.54 Å². The summed E-state index contributed by atoms with van der Waals surface area (Å²) in [5.41, 5.74) is 11.2. The second-order valence-corrected chi connectivity index (χ2v) is 9.37. The molecule has 0 spiro atoms. The van der Waals surface area contributed by atoms with Crippen molar-refractivity contribution in [1.82, 2.24) is 10.6 Å². The molecule has 196 valence electrons. The zero-order valence-corrected chi connectivity index (χ0v) is 21.7. The van der Waals surface area contributed by atoms with E-state index in [9.17, 15) is 14.0 Å². The van der Waals surface area contributed by atoms with Crippen molar-refractivity contribution in [3.05, 3.63) is 100 Å². The smallest absolute Gasteiger partial charge is 0.242 e. The molecule has 0 radical (unpaired) electrons. The maximum atomic E-state index is 13.1. The average Bonchev–Trinajstić information content (AvgIpc) is 2.88. The van der Waals surface area contributed by atoms with Gasteiger partial charge in [-0.3, -0.25) is 9.59 Å². The molecule has 0 saturated carbocycles. The lowest BCUT2D eigenvalue weighted by molar-refractivity contribution is -0.129. The Balaban J connectivity index is 1.46. The van der Waals surface area contributed by atoms with Crippen molar-refractivity contribution in [3.8, 4) is 5.75 Å². The number of rotatable bonds is 12. The first-order valence-corrected chi connectivity index (χ1v) is 12.6. The second kappa shape index (κ2) is 13.6. The number of nitrogens with two attached hydrogens (primary N) is 1. The molecule has 0 fully saturated rings. The Labute approximate surface area is 218 Å². The third kappa shape index (κ3) is 8.72. The van der Waals surface area contributed by atoms with E-state index < -0.39 is 12.1 Å². The van der Waals surface area contributed by atoms with Crippen molar-refractivity contribution < 1.29 is 18.7 Å². The van der Waals surface area contributed by atoms with E-state index in [2.05, 4.69) is 22.8 Å². The maximum Gasteiger partial charge on any atom is 0.242 e. The molecule has 6 nitrogen and oxygen atoms in total. The highest BCUT2D eigenvalue weighted by Gasteiger charge is 2.21. The summed E-state index contributed by atoms with van der Waals surface area (Å²) in [5.74, 6) is -0.196. The lowest BCUT2D eigenvalue weighted by atomic mass is 9.96. The number of carbonyl (C=O) groups is 2. The first kappa shape index (κ1) is 27.9. The molecule has 37 heavy (non-hydrogen) atoms. The highest BCUT2D eigenvalue weighted by Crippen LogP contribution is 2.24. The minimum Gasteiger partial charge on any atom is -0.489 e. The van der Waals surface area contributed by atoms with Gasteiger partial charge in [0.15, 0.2) is 0 Å². The topological polar surface area (TPSA) is 93.4 Å². The van der Waals surface area contributed by atoms with Gasteiger partial charge in [-0.05, 0) is 92.1 Å². The number of halogens is 1. The van der Waals surface area contributed by atoms with E-state index in [0.29, 0.717) is 25.3 Å². The van der Waals surface area contributed by atoms with Crippen LogP contribution in [0.3, 0.4) is 0 Å². The fraction of sp³-hybridized carbons (Fsp3) is 0.333. The summed E-state index contributed by atoms with van der Waals surface area (Å²) in [6, 6.07) is 18.6. The molecule has 2 amide bonds. The fourth-order valence-electron chi connectivity index (χ4n) is 4.11. The number of carbonyl (C=O) groups excluding carboxylic acids is 2. The van der Waals surface area contributed by atoms with Gasteiger partial charge in [0.05, 0.1) is 6.04 Å². The van der Waals surface area contributed by atoms with Crippen LogP contribution < -0.4 is 21.1 Å². The maximum absolute atomic E-state index is 13.1. The first-order valence-electron chi connectivity index (χ1n) is 12.6. The Morgan fingerprint density at radius 2 is 1.59 bits per heavy atom. The molecule has 0 bridgehead atoms. The summed E-state index contributed by atoms with van der Waals surface area (Å²) in [5, 5.41) is 5.59. The molecule has 3 aromatic rings. The van der Waals surface area contributed by atoms with Crippen LogP contribution in [0.1, 0.15) is 41.2 Å². The van der Waals surface area contributed by atoms with Crippen LogP contribution in [-0.4, -0.2) is 30.4 Å². The lowest BCUT2D eigenvalue weighted by Crippen LogP contribution is -2.51. The molecule has 7 heteroatoms. The van der Waals surface area contributed by atoms with Gasteiger partial charge in [-0.1, -0.05) is 42.5 Å². The van der Waals surface area contributed by atoms with Crippen molar-refractivity contribution >= 4 is 11.8 Å². The highest BCUT2D eigenvalue weighted by molar-refractivity contribution is 5.89. The summed E-state index contributed by atoms with van der Waals surface area (Å²) in [6.07, 6.45) is 2.03. The van der Waals surface area contributed by atoms with Gasteiger partial charge < -0.3 is 21.1 Å². The molecule has 3 rings (SSSR count). The van der Waals surface area contributed by atoms with Crippen molar-refractivity contribution in [2.24, 2.45) is 5.73 Å². The molecule has 2 atom stereocenters. The van der Waals surface area contributed by atoms with E-state index in [0.717, 1.165) is 35.1 Å². The quantitative estimate of drug-likeness (QED) is 0.323. The Hall–Kier alpha value is -3.71. The number of hydrogen-bond donors (Lipinski definition) is 3. The predicted octanol–water partition coefficient (Wildman–Crippen LogP) is 4.15. The predicted molar refractivity (Wildman–Crippen MR) is 144 cm³/mol. The molecule has 0 aliphatic carbocycles. The number of amides is 2. The van der Waals surface area contributed by atoms with Gasteiger partial charge in [0.1, 0.15) is 24.2 Å². The second-order valence-electron chi connectivity index (χ2n) is 9.37. The third-order valence-electron chi connectivity index (χ3n) is 6.29. The Morgan fingerprint density at radius 3 is 2.24 bits per heavy atom. The minimum absolute atomic E-state index is 0.233. The number of benzene rings is 3. The molecule has 0 aliphatic heterocycles. The molecule has 3 aromatic carbocycles. The van der Waals surface area contributed by atoms with Crippen LogP contribution in [0, 0.1) is 19.7 Å². The van der Waals surface area contributed by atoms with Crippen LogP contribution in [0.4, 0.5) is 4.39 Å². The van der Waals surface area contributed by atoms with Gasteiger partial charge in [-0.15, -0.1) is 0 Å². The Bertz CT molecular complexity index is 1160. The van der Waals surface area contributed by atoms with E-state index in [1.165, 1.54) is 17.7 Å². The SMILES string of the molecule is Cc1cc(OCc2ccc(F)cc2)cc(C)c1C[C@H](N)C(=O)N[C@H](C)C(=O)NCCCc1ccccc1. The van der Waals surface area contributed by atoms with Gasteiger partial charge in [0.2, 0.25) is 11.8 Å². The summed E-state index contributed by atoms with van der Waals surface area (Å²) < 4.78 is 19.0. The molecular formula is C30H36FN3O3. The number of hydrogen-bond acceptors (Lipinski definition) is 4. The van der Waals surface area contributed by atoms with Crippen LogP contribution in [0.25, 0.3) is 0 Å². The van der Waals surface area contributed by atoms with E-state index in [4.69, 9.17) is 10.5 Å². The molecular weight excluding hydrogens is 469 g/mol. The Kier molecular flexibility index (Phi) is 10.2. The average molecular weight is 506 g/mol. The van der Waals surface area contributed by atoms with Gasteiger partial charge in [-0.2, -0.15) is 0 Å². The zero-order chi connectivity index (χ0) is 26.8. The minimum atomic E-state index is -0.795. The standard InChI is InChI=1S/C30H36FN3O3/c1-20-16-26(37-19-24-11-13-25(31)14-12-24)17-21(2)27(20)18-28(32)30(36)34-22(3)29(35)33-15-7-10-23-8-5-4-6-9-23/h4-6,8-9,11-14,16-17,22,28H,7,10,15,18-19,32H2,1-3H3,(H,33,35)(H,34,36)/t22-,28+/m1/s1. The summed E-state index contributed by atoms with van der Waals surface area (Å²) >= 11 is 0. The van der Waals surface area contributed by atoms with Gasteiger partial charge >= 0.3 is 0 Å². The third-order valence-corrected chi connectivity index (χ3v) is 6.29. The van der Waals surface area contributed by atoms with Crippen molar-refractivity contribution in [2.75, 3.05) is 6.54 Å². The first-order chi connectivity index (χ1) is 17.7. The van der Waals surface area contributed by atoms with Crippen LogP contribution >= 0.6 is 0 Å². The summed E-state index contributed by atoms with van der Waals surface area (Å²) in [6.45, 7) is 6.41. The largest absolute Gasteiger partial charge is 0.489 e. The summed E-state index contributed by atoms with van der Waals surface area (Å²) in [7, 11) is 0. The molecule has 0 aliphatic rings. The van der Waals surface area contributed by atoms with Crippen LogP contribution in [0.5, 0.6) is 5.75 Å². The van der Waals surface area contributed by atoms with E-state index in [-0.39, 0.29) is 17.6 Å². The van der Waals surface area contributed by atoms with Crippen LogP contribution in [-0.2, 0) is 29.0 Å². The number of aryl methyl sites for hydroxylation is 3. The lowest BCUT2D eigenvalue weighted by Gasteiger charge is -2.19. The van der Waals surface area contributed by atoms with Crippen LogP contribution in [0.15, 0.2) is 66.7 Å². The van der Waals surface area contributed by atoms with Crippen molar-refractivity contribution in [1.29, 1.82) is 0 Å². The van der Waals surface area contributed by atoms with Gasteiger partial charge in [0.25, 0.3) is 0 Å². The molecule has 0 heterocycles. The summed E-state index contributed by atoms with van der Waals surface area (Å²) in [4.78, 5) is 25.1. The highest BCUT2D eigenvalue weighted by atomic mass is 19.1. The molecule has 4 N–H and O–H groups in total.